The van der Waals surface area contributed by atoms with Crippen LogP contribution in [0, 0.1) is 0 Å². The summed E-state index contributed by atoms with van der Waals surface area (Å²) in [4.78, 5) is 23.0. The van der Waals surface area contributed by atoms with Crippen LogP contribution in [-0.4, -0.2) is 39.3 Å². The zero-order valence-corrected chi connectivity index (χ0v) is 19.0. The summed E-state index contributed by atoms with van der Waals surface area (Å²) in [5, 5.41) is 30.6. The van der Waals surface area contributed by atoms with E-state index in [1.165, 1.54) is 38.5 Å². The van der Waals surface area contributed by atoms with Crippen molar-refractivity contribution in [1.82, 2.24) is 5.32 Å². The van der Waals surface area contributed by atoms with Crippen LogP contribution in [0.4, 0.5) is 0 Å². The smallest absolute Gasteiger partial charge is 0.326 e. The molecule has 0 bridgehead atoms. The summed E-state index contributed by atoms with van der Waals surface area (Å²) in [5.74, 6) is -1.41. The molecule has 0 aliphatic heterocycles. The van der Waals surface area contributed by atoms with E-state index in [4.69, 9.17) is 10.2 Å². The number of nitrogens with one attached hydrogen (secondary N) is 1. The van der Waals surface area contributed by atoms with Gasteiger partial charge in [0.2, 0.25) is 5.91 Å². The lowest BCUT2D eigenvalue weighted by molar-refractivity contribution is -0.142. The Balaban J connectivity index is 3.54. The first kappa shape index (κ1) is 28.4. The molecule has 6 heteroatoms. The van der Waals surface area contributed by atoms with Crippen molar-refractivity contribution in [3.05, 3.63) is 12.3 Å². The van der Waals surface area contributed by atoms with Gasteiger partial charge in [0.05, 0.1) is 11.9 Å². The first-order valence-electron chi connectivity index (χ1n) is 11.9. The third kappa shape index (κ3) is 18.5. The van der Waals surface area contributed by atoms with Gasteiger partial charge in [-0.1, -0.05) is 84.1 Å². The number of unbranched alkanes of at least 4 members (excludes halogenated alkanes) is 10. The van der Waals surface area contributed by atoms with Gasteiger partial charge in [-0.15, -0.1) is 0 Å². The maximum Gasteiger partial charge on any atom is 0.326 e. The Bertz CT molecular complexity index is 467. The average Bonchev–Trinajstić information content (AvgIpc) is 2.69. The normalized spacial score (nSPS) is 13.0. The molecule has 0 spiro atoms. The van der Waals surface area contributed by atoms with Gasteiger partial charge in [0.25, 0.3) is 0 Å². The van der Waals surface area contributed by atoms with Crippen LogP contribution < -0.4 is 5.32 Å². The van der Waals surface area contributed by atoms with Crippen LogP contribution in [0.1, 0.15) is 116 Å². The molecule has 0 aliphatic carbocycles. The number of aliphatic hydroxyl groups excluding tert-OH is 2. The standard InChI is InChI=1S/C24H45NO5/c1-3-4-5-12-15-21(27)16-13-10-8-6-7-9-11-14-17-23(28)25-22(24(29)30)19-18-20(2)26/h21-22,26-27H,2-19H2,1H3,(H,25,28)(H,29,30). The first-order valence-corrected chi connectivity index (χ1v) is 11.9. The molecular formula is C24H45NO5. The Labute approximate surface area is 183 Å². The monoisotopic (exact) mass is 427 g/mol. The molecule has 0 heterocycles. The molecule has 2 atom stereocenters. The summed E-state index contributed by atoms with van der Waals surface area (Å²) in [6.07, 6.45) is 15.9. The van der Waals surface area contributed by atoms with Gasteiger partial charge in [-0.2, -0.15) is 0 Å². The Kier molecular flexibility index (Phi) is 18.4. The molecule has 176 valence electrons. The summed E-state index contributed by atoms with van der Waals surface area (Å²) < 4.78 is 0. The molecule has 30 heavy (non-hydrogen) atoms. The lowest BCUT2D eigenvalue weighted by Crippen LogP contribution is -2.40. The van der Waals surface area contributed by atoms with Gasteiger partial charge in [0, 0.05) is 12.8 Å². The molecule has 0 aliphatic rings. The van der Waals surface area contributed by atoms with E-state index in [9.17, 15) is 14.7 Å². The van der Waals surface area contributed by atoms with Crippen molar-refractivity contribution in [2.24, 2.45) is 0 Å². The highest BCUT2D eigenvalue weighted by molar-refractivity contribution is 5.83. The number of carbonyl (C=O) groups excluding carboxylic acids is 1. The van der Waals surface area contributed by atoms with Crippen LogP contribution in [0.3, 0.4) is 0 Å². The van der Waals surface area contributed by atoms with E-state index in [2.05, 4.69) is 18.8 Å². The Morgan fingerprint density at radius 3 is 1.77 bits per heavy atom. The van der Waals surface area contributed by atoms with Gasteiger partial charge in [-0.25, -0.2) is 4.79 Å². The maximum absolute atomic E-state index is 11.9. The molecule has 0 rings (SSSR count). The van der Waals surface area contributed by atoms with Gasteiger partial charge in [0.15, 0.2) is 0 Å². The number of amides is 1. The number of carboxylic acid groups (broad SMARTS) is 1. The highest BCUT2D eigenvalue weighted by atomic mass is 16.4. The molecule has 0 aromatic heterocycles. The minimum atomic E-state index is -1.09. The summed E-state index contributed by atoms with van der Waals surface area (Å²) in [6.45, 7) is 5.53. The number of rotatable bonds is 21. The molecule has 0 saturated carbocycles. The van der Waals surface area contributed by atoms with E-state index in [0.29, 0.717) is 6.42 Å². The van der Waals surface area contributed by atoms with Gasteiger partial charge in [-0.05, 0) is 25.7 Å². The first-order chi connectivity index (χ1) is 14.4. The van der Waals surface area contributed by atoms with Gasteiger partial charge >= 0.3 is 5.97 Å². The van der Waals surface area contributed by atoms with E-state index in [-0.39, 0.29) is 30.6 Å². The van der Waals surface area contributed by atoms with Crippen LogP contribution in [0.25, 0.3) is 0 Å². The van der Waals surface area contributed by atoms with Gasteiger partial charge in [0.1, 0.15) is 6.04 Å². The Morgan fingerprint density at radius 1 is 0.767 bits per heavy atom. The summed E-state index contributed by atoms with van der Waals surface area (Å²) >= 11 is 0. The molecule has 0 saturated heterocycles. The zero-order chi connectivity index (χ0) is 22.6. The fraction of sp³-hybridized carbons (Fsp3) is 0.833. The van der Waals surface area contributed by atoms with Crippen molar-refractivity contribution in [3.63, 3.8) is 0 Å². The molecule has 0 aromatic carbocycles. The highest BCUT2D eigenvalue weighted by Gasteiger charge is 2.19. The summed E-state index contributed by atoms with van der Waals surface area (Å²) in [7, 11) is 0. The molecule has 0 radical (unpaired) electrons. The fourth-order valence-electron chi connectivity index (χ4n) is 3.51. The molecule has 1 amide bonds. The number of hydrogen-bond donors (Lipinski definition) is 4. The molecule has 0 aromatic rings. The predicted octanol–water partition coefficient (Wildman–Crippen LogP) is 5.64. The van der Waals surface area contributed by atoms with E-state index in [1.807, 2.05) is 0 Å². The van der Waals surface area contributed by atoms with Crippen LogP contribution in [-0.2, 0) is 9.59 Å². The summed E-state index contributed by atoms with van der Waals surface area (Å²) in [6, 6.07) is -0.976. The van der Waals surface area contributed by atoms with Gasteiger partial charge < -0.3 is 20.6 Å². The van der Waals surface area contributed by atoms with Crippen molar-refractivity contribution >= 4 is 11.9 Å². The topological polar surface area (TPSA) is 107 Å². The maximum atomic E-state index is 11.9. The van der Waals surface area contributed by atoms with Crippen molar-refractivity contribution in [1.29, 1.82) is 0 Å². The lowest BCUT2D eigenvalue weighted by atomic mass is 10.0. The van der Waals surface area contributed by atoms with Crippen molar-refractivity contribution < 1.29 is 24.9 Å². The number of aliphatic hydroxyl groups is 2. The largest absolute Gasteiger partial charge is 0.513 e. The second kappa shape index (κ2) is 19.4. The molecule has 0 fully saturated rings. The van der Waals surface area contributed by atoms with E-state index in [1.54, 1.807) is 0 Å². The fourth-order valence-corrected chi connectivity index (χ4v) is 3.51. The predicted molar refractivity (Wildman–Crippen MR) is 122 cm³/mol. The molecule has 2 unspecified atom stereocenters. The quantitative estimate of drug-likeness (QED) is 0.140. The third-order valence-corrected chi connectivity index (χ3v) is 5.44. The average molecular weight is 428 g/mol. The van der Waals surface area contributed by atoms with Crippen molar-refractivity contribution in [3.8, 4) is 0 Å². The lowest BCUT2D eigenvalue weighted by Gasteiger charge is -2.14. The number of hydrogen-bond acceptors (Lipinski definition) is 4. The third-order valence-electron chi connectivity index (χ3n) is 5.44. The number of carbonyl (C=O) groups is 2. The van der Waals surface area contributed by atoms with Crippen molar-refractivity contribution in [2.45, 2.75) is 128 Å². The Hall–Kier alpha value is -1.56. The molecular weight excluding hydrogens is 382 g/mol. The Morgan fingerprint density at radius 2 is 1.27 bits per heavy atom. The van der Waals surface area contributed by atoms with Crippen LogP contribution >= 0.6 is 0 Å². The minimum Gasteiger partial charge on any atom is -0.513 e. The second-order valence-corrected chi connectivity index (χ2v) is 8.43. The van der Waals surface area contributed by atoms with E-state index < -0.39 is 12.0 Å². The SMILES string of the molecule is C=C(O)CCC(NC(=O)CCCCCCCCCCC(O)CCCCCC)C(=O)O. The molecule has 4 N–H and O–H groups in total. The van der Waals surface area contributed by atoms with Crippen LogP contribution in [0.5, 0.6) is 0 Å². The second-order valence-electron chi connectivity index (χ2n) is 8.43. The number of carboxylic acids is 1. The highest BCUT2D eigenvalue weighted by Crippen LogP contribution is 2.14. The number of aliphatic carboxylic acids is 1. The van der Waals surface area contributed by atoms with Gasteiger partial charge in [-0.3, -0.25) is 4.79 Å². The summed E-state index contributed by atoms with van der Waals surface area (Å²) in [5.41, 5.74) is 0. The van der Waals surface area contributed by atoms with E-state index >= 15 is 0 Å². The number of allylic oxidation sites excluding steroid dienone is 1. The van der Waals surface area contributed by atoms with Crippen LogP contribution in [0.15, 0.2) is 12.3 Å². The van der Waals surface area contributed by atoms with E-state index in [0.717, 1.165) is 51.4 Å². The molecule has 6 nitrogen and oxygen atoms in total. The van der Waals surface area contributed by atoms with Crippen LogP contribution in [0.2, 0.25) is 0 Å². The minimum absolute atomic E-state index is 0.0749. The zero-order valence-electron chi connectivity index (χ0n) is 19.0. The van der Waals surface area contributed by atoms with Crippen molar-refractivity contribution in [2.75, 3.05) is 0 Å².